The number of ether oxygens (including phenoxy) is 1. The monoisotopic (exact) mass is 601 g/mol. The van der Waals surface area contributed by atoms with Gasteiger partial charge in [0.25, 0.3) is 0 Å². The van der Waals surface area contributed by atoms with Crippen LogP contribution < -0.4 is 5.32 Å². The zero-order chi connectivity index (χ0) is 31.6. The average molecular weight is 602 g/mol. The standard InChI is InChI=1S/C37H63NO5/c1-3-5-7-8-9-10-11-12-13-14-15-16-17-18-19-20-21-22-23-24-28-32-37(42)43-34(29-6-4-2)30-26-25-27-31-35(39)38-33-36(40)41/h5,7,9-10,12-13,15-16,34H,3-4,6,8,11,14,17-33H2,1-2H3,(H,38,39)(H,40,41)/b7-5-,10-9-,13-12-,16-15-. The van der Waals surface area contributed by atoms with E-state index in [2.05, 4.69) is 67.8 Å². The van der Waals surface area contributed by atoms with Crippen molar-refractivity contribution in [2.24, 2.45) is 0 Å². The van der Waals surface area contributed by atoms with Crippen molar-refractivity contribution in [1.29, 1.82) is 0 Å². The highest BCUT2D eigenvalue weighted by molar-refractivity contribution is 5.80. The molecule has 246 valence electrons. The third-order valence-corrected chi connectivity index (χ3v) is 7.27. The molecule has 0 rings (SSSR count). The minimum absolute atomic E-state index is 0.0371. The maximum absolute atomic E-state index is 12.4. The van der Waals surface area contributed by atoms with Crippen LogP contribution in [-0.4, -0.2) is 35.6 Å². The average Bonchev–Trinajstić information content (AvgIpc) is 2.99. The SMILES string of the molecule is CC/C=C\C/C=C\C/C=C\C/C=C\CCCCCCCCCCC(=O)OC(CCCC)CCCCCC(=O)NCC(=O)O. The maximum atomic E-state index is 12.4. The molecule has 0 aromatic heterocycles. The van der Waals surface area contributed by atoms with E-state index < -0.39 is 5.97 Å². The molecule has 0 aliphatic carbocycles. The van der Waals surface area contributed by atoms with E-state index in [0.717, 1.165) is 77.0 Å². The van der Waals surface area contributed by atoms with Gasteiger partial charge in [-0.05, 0) is 70.6 Å². The number of esters is 1. The highest BCUT2D eigenvalue weighted by Crippen LogP contribution is 2.16. The molecule has 1 amide bonds. The Bertz CT molecular complexity index is 799. The fraction of sp³-hybridized carbons (Fsp3) is 0.703. The molecule has 0 aliphatic rings. The molecule has 0 bridgehead atoms. The van der Waals surface area contributed by atoms with Crippen LogP contribution in [0.2, 0.25) is 0 Å². The van der Waals surface area contributed by atoms with Gasteiger partial charge < -0.3 is 15.2 Å². The molecule has 0 aromatic carbocycles. The van der Waals surface area contributed by atoms with Crippen LogP contribution in [-0.2, 0) is 19.1 Å². The van der Waals surface area contributed by atoms with Crippen molar-refractivity contribution in [3.8, 4) is 0 Å². The van der Waals surface area contributed by atoms with Crippen LogP contribution in [0.1, 0.15) is 155 Å². The van der Waals surface area contributed by atoms with Gasteiger partial charge in [-0.15, -0.1) is 0 Å². The first kappa shape index (κ1) is 40.4. The van der Waals surface area contributed by atoms with Gasteiger partial charge in [-0.1, -0.05) is 120 Å². The van der Waals surface area contributed by atoms with Gasteiger partial charge in [0.1, 0.15) is 12.6 Å². The fourth-order valence-corrected chi connectivity index (χ4v) is 4.73. The lowest BCUT2D eigenvalue weighted by Crippen LogP contribution is -2.28. The Balaban J connectivity index is 3.72. The van der Waals surface area contributed by atoms with Crippen LogP contribution in [0.15, 0.2) is 48.6 Å². The molecular weight excluding hydrogens is 538 g/mol. The van der Waals surface area contributed by atoms with E-state index in [0.29, 0.717) is 19.3 Å². The van der Waals surface area contributed by atoms with E-state index in [1.807, 2.05) is 0 Å². The van der Waals surface area contributed by atoms with Gasteiger partial charge in [0, 0.05) is 12.8 Å². The Kier molecular flexibility index (Phi) is 30.3. The van der Waals surface area contributed by atoms with Gasteiger partial charge in [0.05, 0.1) is 0 Å². The number of carbonyl (C=O) groups excluding carboxylic acids is 2. The number of carboxylic acids is 1. The Labute approximate surface area is 263 Å². The molecule has 0 spiro atoms. The molecule has 0 aliphatic heterocycles. The number of hydrogen-bond acceptors (Lipinski definition) is 4. The predicted molar refractivity (Wildman–Crippen MR) is 180 cm³/mol. The summed E-state index contributed by atoms with van der Waals surface area (Å²) >= 11 is 0. The molecule has 43 heavy (non-hydrogen) atoms. The van der Waals surface area contributed by atoms with Crippen LogP contribution in [0.3, 0.4) is 0 Å². The van der Waals surface area contributed by atoms with Gasteiger partial charge in [-0.2, -0.15) is 0 Å². The molecule has 0 saturated heterocycles. The number of unbranched alkanes of at least 4 members (excludes halogenated alkanes) is 11. The first-order valence-electron chi connectivity index (χ1n) is 17.3. The van der Waals surface area contributed by atoms with Crippen LogP contribution >= 0.6 is 0 Å². The molecule has 0 aromatic rings. The lowest BCUT2D eigenvalue weighted by atomic mass is 10.0. The Morgan fingerprint density at radius 3 is 1.74 bits per heavy atom. The van der Waals surface area contributed by atoms with Gasteiger partial charge in [0.15, 0.2) is 0 Å². The molecule has 0 fully saturated rings. The van der Waals surface area contributed by atoms with Gasteiger partial charge in [-0.3, -0.25) is 14.4 Å². The quantitative estimate of drug-likeness (QED) is 0.0485. The summed E-state index contributed by atoms with van der Waals surface area (Å²) in [4.78, 5) is 34.5. The van der Waals surface area contributed by atoms with Crippen LogP contribution in [0, 0.1) is 0 Å². The molecule has 0 radical (unpaired) electrons. The van der Waals surface area contributed by atoms with Crippen molar-refractivity contribution in [1.82, 2.24) is 5.32 Å². The van der Waals surface area contributed by atoms with E-state index in [1.54, 1.807) is 0 Å². The minimum Gasteiger partial charge on any atom is -0.480 e. The molecule has 6 heteroatoms. The molecule has 1 atom stereocenters. The molecule has 6 nitrogen and oxygen atoms in total. The van der Waals surface area contributed by atoms with Crippen molar-refractivity contribution >= 4 is 17.8 Å². The van der Waals surface area contributed by atoms with Crippen molar-refractivity contribution in [3.05, 3.63) is 48.6 Å². The van der Waals surface area contributed by atoms with Crippen molar-refractivity contribution in [2.45, 2.75) is 161 Å². The van der Waals surface area contributed by atoms with E-state index in [4.69, 9.17) is 9.84 Å². The van der Waals surface area contributed by atoms with E-state index in [1.165, 1.54) is 44.9 Å². The number of amides is 1. The fourth-order valence-electron chi connectivity index (χ4n) is 4.73. The number of rotatable bonds is 30. The summed E-state index contributed by atoms with van der Waals surface area (Å²) in [5, 5.41) is 11.0. The normalized spacial score (nSPS) is 12.6. The van der Waals surface area contributed by atoms with Crippen LogP contribution in [0.4, 0.5) is 0 Å². The Morgan fingerprint density at radius 2 is 1.14 bits per heavy atom. The number of allylic oxidation sites excluding steroid dienone is 8. The highest BCUT2D eigenvalue weighted by Gasteiger charge is 2.14. The topological polar surface area (TPSA) is 92.7 Å². The van der Waals surface area contributed by atoms with Crippen LogP contribution in [0.5, 0.6) is 0 Å². The lowest BCUT2D eigenvalue weighted by molar-refractivity contribution is -0.150. The van der Waals surface area contributed by atoms with Crippen molar-refractivity contribution in [3.63, 3.8) is 0 Å². The Morgan fingerprint density at radius 1 is 0.628 bits per heavy atom. The molecular formula is C37H63NO5. The summed E-state index contributed by atoms with van der Waals surface area (Å²) in [5.74, 6) is -1.34. The summed E-state index contributed by atoms with van der Waals surface area (Å²) in [6, 6.07) is 0. The second kappa shape index (κ2) is 32.3. The molecule has 1 unspecified atom stereocenters. The summed E-state index contributed by atoms with van der Waals surface area (Å²) in [6.07, 6.45) is 39.9. The molecule has 0 heterocycles. The maximum Gasteiger partial charge on any atom is 0.322 e. The van der Waals surface area contributed by atoms with Gasteiger partial charge >= 0.3 is 11.9 Å². The second-order valence-electron chi connectivity index (χ2n) is 11.4. The Hall–Kier alpha value is -2.63. The van der Waals surface area contributed by atoms with E-state index >= 15 is 0 Å². The van der Waals surface area contributed by atoms with E-state index in [-0.39, 0.29) is 24.5 Å². The third-order valence-electron chi connectivity index (χ3n) is 7.27. The number of carboxylic acid groups (broad SMARTS) is 1. The lowest BCUT2D eigenvalue weighted by Gasteiger charge is -2.18. The second-order valence-corrected chi connectivity index (χ2v) is 11.4. The van der Waals surface area contributed by atoms with Crippen molar-refractivity contribution < 1.29 is 24.2 Å². The first-order chi connectivity index (χ1) is 21.0. The first-order valence-corrected chi connectivity index (χ1v) is 17.3. The summed E-state index contributed by atoms with van der Waals surface area (Å²) < 4.78 is 5.79. The van der Waals surface area contributed by atoms with Gasteiger partial charge in [-0.25, -0.2) is 0 Å². The summed E-state index contributed by atoms with van der Waals surface area (Å²) in [7, 11) is 0. The molecule has 2 N–H and O–H groups in total. The van der Waals surface area contributed by atoms with Crippen molar-refractivity contribution in [2.75, 3.05) is 6.54 Å². The van der Waals surface area contributed by atoms with Gasteiger partial charge in [0.2, 0.25) is 5.91 Å². The summed E-state index contributed by atoms with van der Waals surface area (Å²) in [5.41, 5.74) is 0. The smallest absolute Gasteiger partial charge is 0.322 e. The summed E-state index contributed by atoms with van der Waals surface area (Å²) in [6.45, 7) is 3.97. The molecule has 0 saturated carbocycles. The van der Waals surface area contributed by atoms with E-state index in [9.17, 15) is 14.4 Å². The van der Waals surface area contributed by atoms with Crippen LogP contribution in [0.25, 0.3) is 0 Å². The number of hydrogen-bond donors (Lipinski definition) is 2. The predicted octanol–water partition coefficient (Wildman–Crippen LogP) is 9.95. The number of nitrogens with one attached hydrogen (secondary N) is 1. The number of carbonyl (C=O) groups is 3. The minimum atomic E-state index is -1.03. The zero-order valence-electron chi connectivity index (χ0n) is 27.5. The third kappa shape index (κ3) is 32.1. The highest BCUT2D eigenvalue weighted by atomic mass is 16.5. The largest absolute Gasteiger partial charge is 0.480 e. The zero-order valence-corrected chi connectivity index (χ0v) is 27.5. The number of aliphatic carboxylic acids is 1.